The Morgan fingerprint density at radius 1 is 1.44 bits per heavy atom. The van der Waals surface area contributed by atoms with Crippen LogP contribution in [0.5, 0.6) is 0 Å². The van der Waals surface area contributed by atoms with Crippen molar-refractivity contribution in [1.82, 2.24) is 14.4 Å². The number of hydrogen-bond donors (Lipinski definition) is 3. The molecule has 2 rings (SSSR count). The first-order valence-corrected chi connectivity index (χ1v) is 5.92. The number of nitrogens with zero attached hydrogens (tertiary/aromatic N) is 3. The molecular weight excluding hydrogens is 230 g/mol. The molecule has 0 aliphatic heterocycles. The molecule has 98 valence electrons. The lowest BCUT2D eigenvalue weighted by molar-refractivity contribution is 0.133. The van der Waals surface area contributed by atoms with E-state index in [2.05, 4.69) is 20.6 Å². The molecule has 6 nitrogen and oxygen atoms in total. The minimum Gasteiger partial charge on any atom is -0.391 e. The minimum absolute atomic E-state index is 0.480. The van der Waals surface area contributed by atoms with Crippen molar-refractivity contribution in [2.45, 2.75) is 32.4 Å². The summed E-state index contributed by atoms with van der Waals surface area (Å²) in [5.41, 5.74) is 0.258. The summed E-state index contributed by atoms with van der Waals surface area (Å²) in [4.78, 5) is 8.71. The quantitative estimate of drug-likeness (QED) is 0.762. The van der Waals surface area contributed by atoms with E-state index in [0.29, 0.717) is 5.82 Å². The maximum Gasteiger partial charge on any atom is 0.180 e. The van der Waals surface area contributed by atoms with Crippen LogP contribution in [0.1, 0.15) is 20.8 Å². The van der Waals surface area contributed by atoms with Gasteiger partial charge in [-0.3, -0.25) is 0 Å². The molecule has 1 atom stereocenters. The molecule has 6 heteroatoms. The zero-order chi connectivity index (χ0) is 13.3. The summed E-state index contributed by atoms with van der Waals surface area (Å²) < 4.78 is 1.89. The number of fused-ring (bicyclic) bond motifs is 1. The summed E-state index contributed by atoms with van der Waals surface area (Å²) in [6.45, 7) is 5.59. The number of aromatic nitrogens is 3. The van der Waals surface area contributed by atoms with E-state index in [-0.39, 0.29) is 0 Å². The number of aliphatic hydroxyl groups is 1. The fraction of sp³-hybridized carbons (Fsp3) is 0.500. The fourth-order valence-electron chi connectivity index (χ4n) is 1.55. The Balaban J connectivity index is 2.46. The monoisotopic (exact) mass is 249 g/mol. The summed E-state index contributed by atoms with van der Waals surface area (Å²) in [6, 6.07) is 0. The average molecular weight is 249 g/mol. The van der Waals surface area contributed by atoms with Crippen LogP contribution in [0.3, 0.4) is 0 Å². The van der Waals surface area contributed by atoms with Crippen LogP contribution in [-0.4, -0.2) is 38.2 Å². The lowest BCUT2D eigenvalue weighted by Crippen LogP contribution is -2.42. The van der Waals surface area contributed by atoms with Crippen molar-refractivity contribution in [2.24, 2.45) is 0 Å². The molecule has 2 aromatic rings. The van der Waals surface area contributed by atoms with Gasteiger partial charge in [-0.1, -0.05) is 0 Å². The molecule has 0 saturated heterocycles. The van der Waals surface area contributed by atoms with Crippen LogP contribution in [0.25, 0.3) is 5.65 Å². The zero-order valence-electron chi connectivity index (χ0n) is 11.1. The predicted octanol–water partition coefficient (Wildman–Crippen LogP) is 1.34. The first-order chi connectivity index (χ1) is 8.44. The highest BCUT2D eigenvalue weighted by Gasteiger charge is 2.25. The molecule has 0 saturated carbocycles. The number of imidazole rings is 1. The lowest BCUT2D eigenvalue weighted by atomic mass is 9.99. The van der Waals surface area contributed by atoms with Crippen molar-refractivity contribution in [2.75, 3.05) is 17.7 Å². The number of anilines is 2. The second-order valence-electron chi connectivity index (χ2n) is 4.91. The fourth-order valence-corrected chi connectivity index (χ4v) is 1.55. The zero-order valence-corrected chi connectivity index (χ0v) is 11.1. The molecule has 2 aromatic heterocycles. The van der Waals surface area contributed by atoms with Gasteiger partial charge in [-0.05, 0) is 20.8 Å². The van der Waals surface area contributed by atoms with Crippen molar-refractivity contribution in [3.63, 3.8) is 0 Å². The van der Waals surface area contributed by atoms with Gasteiger partial charge < -0.3 is 20.1 Å². The van der Waals surface area contributed by atoms with Gasteiger partial charge >= 0.3 is 0 Å². The van der Waals surface area contributed by atoms with E-state index < -0.39 is 11.6 Å². The summed E-state index contributed by atoms with van der Waals surface area (Å²) in [5, 5.41) is 16.0. The Labute approximate surface area is 106 Å². The second-order valence-corrected chi connectivity index (χ2v) is 4.91. The summed E-state index contributed by atoms with van der Waals surface area (Å²) in [7, 11) is 1.81. The molecule has 18 heavy (non-hydrogen) atoms. The third kappa shape index (κ3) is 2.24. The van der Waals surface area contributed by atoms with E-state index in [0.717, 1.165) is 11.5 Å². The standard InChI is InChI=1S/C12H19N5O/c1-8(18)12(2,3)16-10-11-14-5-6-17(11)7-9(13-4)15-10/h5-8,13,18H,1-4H3,(H,15,16). The van der Waals surface area contributed by atoms with Gasteiger partial charge in [0.05, 0.1) is 17.8 Å². The Morgan fingerprint density at radius 3 is 2.78 bits per heavy atom. The van der Waals surface area contributed by atoms with Crippen LogP contribution in [-0.2, 0) is 0 Å². The van der Waals surface area contributed by atoms with Crippen LogP contribution in [0.4, 0.5) is 11.6 Å². The highest BCUT2D eigenvalue weighted by atomic mass is 16.3. The van der Waals surface area contributed by atoms with Crippen molar-refractivity contribution >= 4 is 17.3 Å². The number of rotatable bonds is 4. The van der Waals surface area contributed by atoms with Gasteiger partial charge in [0.1, 0.15) is 5.82 Å². The van der Waals surface area contributed by atoms with Crippen molar-refractivity contribution in [3.8, 4) is 0 Å². The largest absolute Gasteiger partial charge is 0.391 e. The van der Waals surface area contributed by atoms with Gasteiger partial charge in [-0.25, -0.2) is 9.97 Å². The molecule has 2 heterocycles. The third-order valence-electron chi connectivity index (χ3n) is 3.12. The molecule has 0 aliphatic rings. The number of aliphatic hydroxyl groups excluding tert-OH is 1. The van der Waals surface area contributed by atoms with E-state index in [1.165, 1.54) is 0 Å². The van der Waals surface area contributed by atoms with Crippen LogP contribution < -0.4 is 10.6 Å². The van der Waals surface area contributed by atoms with E-state index in [9.17, 15) is 5.11 Å². The van der Waals surface area contributed by atoms with Crippen molar-refractivity contribution in [3.05, 3.63) is 18.6 Å². The molecule has 0 spiro atoms. The maximum absolute atomic E-state index is 9.76. The first kappa shape index (κ1) is 12.6. The molecule has 0 bridgehead atoms. The normalized spacial score (nSPS) is 13.6. The molecule has 1 unspecified atom stereocenters. The minimum atomic E-state index is -0.507. The van der Waals surface area contributed by atoms with Gasteiger partial charge in [0.25, 0.3) is 0 Å². The van der Waals surface area contributed by atoms with E-state index in [4.69, 9.17) is 0 Å². The summed E-state index contributed by atoms with van der Waals surface area (Å²) >= 11 is 0. The Kier molecular flexibility index (Phi) is 3.13. The van der Waals surface area contributed by atoms with Crippen LogP contribution in [0.2, 0.25) is 0 Å². The lowest BCUT2D eigenvalue weighted by Gasteiger charge is -2.30. The van der Waals surface area contributed by atoms with Crippen LogP contribution >= 0.6 is 0 Å². The van der Waals surface area contributed by atoms with E-state index >= 15 is 0 Å². The Hall–Kier alpha value is -1.82. The molecule has 0 aliphatic carbocycles. The van der Waals surface area contributed by atoms with E-state index in [1.54, 1.807) is 13.1 Å². The van der Waals surface area contributed by atoms with Gasteiger partial charge in [-0.15, -0.1) is 0 Å². The Bertz CT molecular complexity index is 546. The predicted molar refractivity (Wildman–Crippen MR) is 71.9 cm³/mol. The Morgan fingerprint density at radius 2 is 2.17 bits per heavy atom. The van der Waals surface area contributed by atoms with Gasteiger partial charge in [0.15, 0.2) is 11.5 Å². The van der Waals surface area contributed by atoms with Crippen molar-refractivity contribution in [1.29, 1.82) is 0 Å². The highest BCUT2D eigenvalue weighted by molar-refractivity contribution is 5.66. The van der Waals surface area contributed by atoms with Gasteiger partial charge in [0, 0.05) is 19.4 Å². The molecule has 0 fully saturated rings. The molecular formula is C12H19N5O. The molecule has 0 amide bonds. The van der Waals surface area contributed by atoms with E-state index in [1.807, 2.05) is 37.7 Å². The SMILES string of the molecule is CNc1cn2ccnc2c(NC(C)(C)C(C)O)n1. The smallest absolute Gasteiger partial charge is 0.180 e. The average Bonchev–Trinajstić information content (AvgIpc) is 2.76. The number of hydrogen-bond acceptors (Lipinski definition) is 5. The topological polar surface area (TPSA) is 74.5 Å². The second kappa shape index (κ2) is 4.45. The van der Waals surface area contributed by atoms with Gasteiger partial charge in [0.2, 0.25) is 0 Å². The third-order valence-corrected chi connectivity index (χ3v) is 3.12. The summed E-state index contributed by atoms with van der Waals surface area (Å²) in [5.74, 6) is 1.39. The van der Waals surface area contributed by atoms with Crippen LogP contribution in [0, 0.1) is 0 Å². The number of nitrogens with one attached hydrogen (secondary N) is 2. The highest BCUT2D eigenvalue weighted by Crippen LogP contribution is 2.22. The summed E-state index contributed by atoms with van der Waals surface area (Å²) in [6.07, 6.45) is 4.94. The van der Waals surface area contributed by atoms with Crippen molar-refractivity contribution < 1.29 is 5.11 Å². The van der Waals surface area contributed by atoms with Crippen LogP contribution in [0.15, 0.2) is 18.6 Å². The molecule has 0 aromatic carbocycles. The molecule has 0 radical (unpaired) electrons. The maximum atomic E-state index is 9.76. The van der Waals surface area contributed by atoms with Gasteiger partial charge in [-0.2, -0.15) is 0 Å². The molecule has 3 N–H and O–H groups in total. The first-order valence-electron chi connectivity index (χ1n) is 5.92.